The maximum absolute atomic E-state index is 5.21. The fourth-order valence-electron chi connectivity index (χ4n) is 3.09. The van der Waals surface area contributed by atoms with Crippen molar-refractivity contribution < 1.29 is 0 Å². The first-order valence-electron chi connectivity index (χ1n) is 10.7. The summed E-state index contributed by atoms with van der Waals surface area (Å²) in [6, 6.07) is 0. The van der Waals surface area contributed by atoms with Crippen LogP contribution in [-0.4, -0.2) is 176 Å². The molecule has 0 aromatic heterocycles. The van der Waals surface area contributed by atoms with Crippen LogP contribution in [0.25, 0.3) is 0 Å². The van der Waals surface area contributed by atoms with Crippen LogP contribution in [0.1, 0.15) is 0 Å². The third-order valence-electron chi connectivity index (χ3n) is 4.20. The second-order valence-corrected chi connectivity index (χ2v) is 11.5. The molecule has 0 bridgehead atoms. The molecule has 0 atom stereocenters. The van der Waals surface area contributed by atoms with E-state index in [4.69, 9.17) is 19.1 Å². The summed E-state index contributed by atoms with van der Waals surface area (Å²) in [5.74, 6) is 2.96. The molecule has 0 fully saturated rings. The number of rotatable bonds is 4. The van der Waals surface area contributed by atoms with Crippen LogP contribution in [0.4, 0.5) is 0 Å². The van der Waals surface area contributed by atoms with Gasteiger partial charge in [0.05, 0.1) is 0 Å². The van der Waals surface area contributed by atoms with Crippen LogP contribution >= 0.6 is 7.87 Å². The number of guanidine groups is 4. The van der Waals surface area contributed by atoms with E-state index in [9.17, 15) is 0 Å². The predicted molar refractivity (Wildman–Crippen MR) is 148 cm³/mol. The number of hydrogen-bond acceptors (Lipinski definition) is 4. The van der Waals surface area contributed by atoms with Crippen molar-refractivity contribution in [3.05, 3.63) is 0 Å². The fourth-order valence-corrected chi connectivity index (χ4v) is 6.06. The molecule has 0 saturated carbocycles. The number of hydrogen-bond donors (Lipinski definition) is 0. The van der Waals surface area contributed by atoms with Crippen molar-refractivity contribution in [1.82, 2.24) is 39.2 Å². The first-order valence-corrected chi connectivity index (χ1v) is 12.5. The van der Waals surface area contributed by atoms with Gasteiger partial charge in [0.25, 0.3) is 0 Å². The Morgan fingerprint density at radius 3 is 0.515 bits per heavy atom. The van der Waals surface area contributed by atoms with Crippen molar-refractivity contribution in [3.8, 4) is 0 Å². The van der Waals surface area contributed by atoms with Crippen LogP contribution in [0, 0.1) is 0 Å². The molecule has 13 heteroatoms. The monoisotopic (exact) mass is 488 g/mol. The van der Waals surface area contributed by atoms with Gasteiger partial charge in [-0.1, -0.05) is 0 Å². The molecular formula is C20H49N12P. The summed E-state index contributed by atoms with van der Waals surface area (Å²) in [7, 11) is 27.9. The zero-order valence-corrected chi connectivity index (χ0v) is 24.9. The summed E-state index contributed by atoms with van der Waals surface area (Å²) >= 11 is 0. The minimum absolute atomic E-state index is 0.739. The molecule has 0 amide bonds. The van der Waals surface area contributed by atoms with Crippen LogP contribution in [0.5, 0.6) is 0 Å². The molecule has 0 aromatic carbocycles. The van der Waals surface area contributed by atoms with Crippen molar-refractivity contribution in [1.29, 1.82) is 0 Å². The Labute approximate surface area is 203 Å². The van der Waals surface area contributed by atoms with Gasteiger partial charge in [0.15, 0.2) is 0 Å². The first-order chi connectivity index (χ1) is 15.0. The van der Waals surface area contributed by atoms with E-state index in [0.29, 0.717) is 0 Å². The Bertz CT molecular complexity index is 568. The predicted octanol–water partition coefficient (Wildman–Crippen LogP) is 0.313. The average Bonchev–Trinajstić information content (AvgIpc) is 2.64. The topological polar surface area (TPSA) is 75.4 Å². The summed E-state index contributed by atoms with van der Waals surface area (Å²) in [6.07, 6.45) is 0. The molecule has 0 saturated heterocycles. The molecule has 0 heterocycles. The molecule has 194 valence electrons. The molecule has 0 aromatic rings. The SMILES string of the molecule is CN(C)C(=N[PH](N=C(N(C)C)N(C)C)(N=C(N(C)C)N(C)C)N=C(N(C)C)N(C)C)N(C)C. The van der Waals surface area contributed by atoms with Gasteiger partial charge in [0, 0.05) is 0 Å². The quantitative estimate of drug-likeness (QED) is 0.318. The molecule has 0 radical (unpaired) electrons. The van der Waals surface area contributed by atoms with Gasteiger partial charge in [-0.25, -0.2) is 0 Å². The van der Waals surface area contributed by atoms with E-state index in [1.54, 1.807) is 0 Å². The van der Waals surface area contributed by atoms with Crippen molar-refractivity contribution in [2.24, 2.45) is 19.1 Å². The first kappa shape index (κ1) is 30.5. The Hall–Kier alpha value is -2.49. The van der Waals surface area contributed by atoms with E-state index in [1.165, 1.54) is 0 Å². The van der Waals surface area contributed by atoms with Crippen LogP contribution < -0.4 is 0 Å². The van der Waals surface area contributed by atoms with Gasteiger partial charge >= 0.3 is 203 Å². The van der Waals surface area contributed by atoms with Gasteiger partial charge in [-0.2, -0.15) is 0 Å². The summed E-state index contributed by atoms with van der Waals surface area (Å²) in [6.45, 7) is 0. The summed E-state index contributed by atoms with van der Waals surface area (Å²) in [5.41, 5.74) is 0. The third-order valence-corrected chi connectivity index (χ3v) is 6.20. The normalized spacial score (nSPS) is 10.9. The van der Waals surface area contributed by atoms with E-state index < -0.39 is 7.87 Å². The zero-order chi connectivity index (χ0) is 26.3. The summed E-state index contributed by atoms with van der Waals surface area (Å²) in [4.78, 5) is 15.7. The molecular weight excluding hydrogens is 439 g/mol. The molecule has 33 heavy (non-hydrogen) atoms. The molecule has 0 N–H and O–H groups in total. The van der Waals surface area contributed by atoms with E-state index in [2.05, 4.69) is 0 Å². The Kier molecular flexibility index (Phi) is 11.7. The van der Waals surface area contributed by atoms with Gasteiger partial charge in [0.1, 0.15) is 0 Å². The Morgan fingerprint density at radius 2 is 0.424 bits per heavy atom. The molecule has 0 aliphatic heterocycles. The maximum atomic E-state index is 5.21. The van der Waals surface area contributed by atoms with E-state index >= 15 is 0 Å². The van der Waals surface area contributed by atoms with Crippen LogP contribution in [0.15, 0.2) is 19.1 Å². The van der Waals surface area contributed by atoms with Crippen LogP contribution in [0.2, 0.25) is 0 Å². The molecule has 0 rings (SSSR count). The van der Waals surface area contributed by atoms with Gasteiger partial charge in [-0.15, -0.1) is 0 Å². The van der Waals surface area contributed by atoms with E-state index in [-0.39, 0.29) is 0 Å². The van der Waals surface area contributed by atoms with Crippen LogP contribution in [0.3, 0.4) is 0 Å². The van der Waals surface area contributed by atoms with Crippen molar-refractivity contribution >= 4 is 31.7 Å². The standard InChI is InChI=1S/C20H49N12P/c1-25(2)17(26(3)4)21-33(22-18(27(5)6)28(7)8,23-19(29(9)10)30(11)12)24-20(31(13)14)32(15)16/h33H,1-16H3. The summed E-state index contributed by atoms with van der Waals surface area (Å²) in [5, 5.41) is 0. The summed E-state index contributed by atoms with van der Waals surface area (Å²) < 4.78 is 20.8. The number of nitrogens with zero attached hydrogens (tertiary/aromatic N) is 12. The van der Waals surface area contributed by atoms with Gasteiger partial charge in [-0.05, 0) is 0 Å². The van der Waals surface area contributed by atoms with Gasteiger partial charge in [0.2, 0.25) is 0 Å². The second kappa shape index (κ2) is 12.7. The molecule has 0 unspecified atom stereocenters. The van der Waals surface area contributed by atoms with Crippen molar-refractivity contribution in [3.63, 3.8) is 0 Å². The fraction of sp³-hybridized carbons (Fsp3) is 0.800. The second-order valence-electron chi connectivity index (χ2n) is 9.40. The third kappa shape index (κ3) is 9.11. The molecule has 12 nitrogen and oxygen atoms in total. The van der Waals surface area contributed by atoms with Crippen LogP contribution in [-0.2, 0) is 0 Å². The van der Waals surface area contributed by atoms with E-state index in [1.807, 2.05) is 152 Å². The Balaban J connectivity index is 7.91. The Morgan fingerprint density at radius 1 is 0.303 bits per heavy atom. The van der Waals surface area contributed by atoms with Crippen molar-refractivity contribution in [2.75, 3.05) is 113 Å². The molecule has 0 aliphatic carbocycles. The van der Waals surface area contributed by atoms with E-state index in [0.717, 1.165) is 23.8 Å². The minimum atomic E-state index is -3.53. The van der Waals surface area contributed by atoms with Gasteiger partial charge in [-0.3, -0.25) is 0 Å². The average molecular weight is 489 g/mol. The molecule has 0 aliphatic rings. The molecule has 0 spiro atoms. The zero-order valence-electron chi connectivity index (χ0n) is 23.9. The van der Waals surface area contributed by atoms with Crippen molar-refractivity contribution in [2.45, 2.75) is 0 Å². The van der Waals surface area contributed by atoms with Gasteiger partial charge < -0.3 is 0 Å².